The summed E-state index contributed by atoms with van der Waals surface area (Å²) < 4.78 is 22.8. The van der Waals surface area contributed by atoms with Gasteiger partial charge in [-0.3, -0.25) is 4.79 Å². The third-order valence-electron chi connectivity index (χ3n) is 6.57. The number of benzene rings is 1. The molecule has 0 radical (unpaired) electrons. The summed E-state index contributed by atoms with van der Waals surface area (Å²) in [5, 5.41) is 7.60. The van der Waals surface area contributed by atoms with Crippen molar-refractivity contribution in [1.29, 1.82) is 0 Å². The summed E-state index contributed by atoms with van der Waals surface area (Å²) in [6.45, 7) is 14.6. The number of amides is 1. The van der Waals surface area contributed by atoms with Gasteiger partial charge in [-0.1, -0.05) is 50.8 Å². The minimum absolute atomic E-state index is 0.0688. The maximum Gasteiger partial charge on any atom is 0.291 e. The predicted molar refractivity (Wildman–Crippen MR) is 155 cm³/mol. The summed E-state index contributed by atoms with van der Waals surface area (Å²) in [6, 6.07) is 10.2. The number of aryl methyl sites for hydroxylation is 1. The number of nitrogens with one attached hydrogen (secondary N) is 2. The van der Waals surface area contributed by atoms with Gasteiger partial charge in [-0.15, -0.1) is 0 Å². The highest BCUT2D eigenvalue weighted by molar-refractivity contribution is 6.88. The van der Waals surface area contributed by atoms with Gasteiger partial charge in [0.1, 0.15) is 5.75 Å². The molecule has 1 amide bonds. The first kappa shape index (κ1) is 28.4. The molecule has 0 bridgehead atoms. The zero-order chi connectivity index (χ0) is 28.3. The Kier molecular flexibility index (Phi) is 8.50. The van der Waals surface area contributed by atoms with Crippen LogP contribution < -0.4 is 34.9 Å². The first-order valence-corrected chi connectivity index (χ1v) is 16.7. The second kappa shape index (κ2) is 11.7. The van der Waals surface area contributed by atoms with Gasteiger partial charge < -0.3 is 34.2 Å². The number of hydrogen-bond donors (Lipinski definition) is 2. The topological polar surface area (TPSA) is 111 Å². The van der Waals surface area contributed by atoms with Gasteiger partial charge in [0.25, 0.3) is 11.9 Å². The van der Waals surface area contributed by atoms with Gasteiger partial charge >= 0.3 is 0 Å². The van der Waals surface area contributed by atoms with Crippen LogP contribution in [0.25, 0.3) is 0 Å². The van der Waals surface area contributed by atoms with Gasteiger partial charge in [0.05, 0.1) is 22.3 Å². The average molecular weight is 554 g/mol. The Morgan fingerprint density at radius 2 is 1.79 bits per heavy atom. The predicted octanol–water partition coefficient (Wildman–Crippen LogP) is 4.56. The number of carbonyl (C=O) groups is 1. The fourth-order valence-corrected chi connectivity index (χ4v) is 5.61. The molecular formula is C28H39N5O5Si. The van der Waals surface area contributed by atoms with Crippen molar-refractivity contribution >= 4 is 30.8 Å². The van der Waals surface area contributed by atoms with Gasteiger partial charge in [-0.2, -0.15) is 9.97 Å². The fraction of sp³-hybridized carbons (Fsp3) is 0.464. The van der Waals surface area contributed by atoms with Gasteiger partial charge in [0, 0.05) is 31.2 Å². The number of hydrogen-bond acceptors (Lipinski definition) is 9. The van der Waals surface area contributed by atoms with Crippen molar-refractivity contribution in [2.75, 3.05) is 37.5 Å². The SMILES string of the molecule is COc1nc(N2CCC(NC(C)C)C2)nc(OC)c1NC(=O)c1ccc(Oc2cc([Si](C)(C)C)ccc2C)o1. The van der Waals surface area contributed by atoms with Crippen LogP contribution in [0.15, 0.2) is 34.7 Å². The minimum atomic E-state index is -1.52. The summed E-state index contributed by atoms with van der Waals surface area (Å²) in [4.78, 5) is 24.3. The van der Waals surface area contributed by atoms with Crippen molar-refractivity contribution in [3.05, 3.63) is 41.7 Å². The summed E-state index contributed by atoms with van der Waals surface area (Å²) in [5.41, 5.74) is 1.21. The molecule has 1 atom stereocenters. The van der Waals surface area contributed by atoms with E-state index >= 15 is 0 Å². The quantitative estimate of drug-likeness (QED) is 0.349. The Labute approximate surface area is 231 Å². The van der Waals surface area contributed by atoms with E-state index in [2.05, 4.69) is 71.1 Å². The molecule has 10 nitrogen and oxygen atoms in total. The molecule has 3 heterocycles. The lowest BCUT2D eigenvalue weighted by Gasteiger charge is -2.20. The molecule has 39 heavy (non-hydrogen) atoms. The molecule has 210 valence electrons. The molecule has 1 aromatic carbocycles. The number of aromatic nitrogens is 2. The number of rotatable bonds is 10. The smallest absolute Gasteiger partial charge is 0.291 e. The van der Waals surface area contributed by atoms with Gasteiger partial charge in [0.2, 0.25) is 17.7 Å². The van der Waals surface area contributed by atoms with Crippen molar-refractivity contribution in [2.24, 2.45) is 0 Å². The number of methoxy groups -OCH3 is 2. The highest BCUT2D eigenvalue weighted by Gasteiger charge is 2.28. The van der Waals surface area contributed by atoms with Crippen LogP contribution in [0.3, 0.4) is 0 Å². The van der Waals surface area contributed by atoms with E-state index in [0.29, 0.717) is 23.8 Å². The number of nitrogens with zero attached hydrogens (tertiary/aromatic N) is 3. The molecule has 4 rings (SSSR count). The van der Waals surface area contributed by atoms with E-state index in [1.54, 1.807) is 12.1 Å². The summed E-state index contributed by atoms with van der Waals surface area (Å²) in [7, 11) is 1.46. The molecule has 1 aliphatic rings. The Bertz CT molecular complexity index is 1290. The number of carbonyl (C=O) groups excluding carboxylic acids is 1. The van der Waals surface area contributed by atoms with E-state index in [0.717, 1.165) is 25.1 Å². The monoisotopic (exact) mass is 553 g/mol. The Morgan fingerprint density at radius 1 is 1.10 bits per heavy atom. The summed E-state index contributed by atoms with van der Waals surface area (Å²) in [5.74, 6) is 1.38. The number of anilines is 2. The van der Waals surface area contributed by atoms with E-state index in [1.807, 2.05) is 13.0 Å². The van der Waals surface area contributed by atoms with Crippen LogP contribution >= 0.6 is 0 Å². The van der Waals surface area contributed by atoms with Gasteiger partial charge in [-0.05, 0) is 31.0 Å². The van der Waals surface area contributed by atoms with Crippen LogP contribution in [0.5, 0.6) is 23.5 Å². The van der Waals surface area contributed by atoms with Gasteiger partial charge in [-0.25, -0.2) is 0 Å². The fourth-order valence-electron chi connectivity index (χ4n) is 4.46. The lowest BCUT2D eigenvalue weighted by atomic mass is 10.2. The normalized spacial score (nSPS) is 15.5. The molecule has 0 aliphatic carbocycles. The van der Waals surface area contributed by atoms with E-state index in [9.17, 15) is 4.79 Å². The van der Waals surface area contributed by atoms with Crippen molar-refractivity contribution in [2.45, 2.75) is 58.9 Å². The highest BCUT2D eigenvalue weighted by atomic mass is 28.3. The second-order valence-corrected chi connectivity index (χ2v) is 16.2. The van der Waals surface area contributed by atoms with Crippen LogP contribution in [0.4, 0.5) is 11.6 Å². The van der Waals surface area contributed by atoms with Crippen LogP contribution in [0, 0.1) is 6.92 Å². The minimum Gasteiger partial charge on any atom is -0.479 e. The molecule has 0 spiro atoms. The first-order valence-electron chi connectivity index (χ1n) is 13.2. The van der Waals surface area contributed by atoms with Crippen molar-refractivity contribution < 1.29 is 23.4 Å². The van der Waals surface area contributed by atoms with Crippen molar-refractivity contribution in [1.82, 2.24) is 15.3 Å². The third kappa shape index (κ3) is 6.71. The van der Waals surface area contributed by atoms with E-state index in [-0.39, 0.29) is 29.2 Å². The molecular weight excluding hydrogens is 514 g/mol. The molecule has 3 aromatic rings. The lowest BCUT2D eigenvalue weighted by Crippen LogP contribution is -2.37. The standard InChI is InChI=1S/C28H39N5O5Si/c1-17(2)29-19-13-14-33(16-19)28-31-26(35-4)24(27(32-28)36-5)30-25(34)21-11-12-23(37-21)38-22-15-20(39(6,7)8)10-9-18(22)3/h9-12,15,17,19,29H,13-14,16H2,1-8H3,(H,30,34). The molecule has 1 saturated heterocycles. The van der Waals surface area contributed by atoms with Crippen LogP contribution in [-0.4, -0.2) is 63.3 Å². The summed E-state index contributed by atoms with van der Waals surface area (Å²) in [6.07, 6.45) is 0.982. The zero-order valence-corrected chi connectivity index (χ0v) is 25.0. The molecule has 2 N–H and O–H groups in total. The first-order chi connectivity index (χ1) is 18.5. The third-order valence-corrected chi connectivity index (χ3v) is 8.61. The Morgan fingerprint density at radius 3 is 2.41 bits per heavy atom. The molecule has 2 aromatic heterocycles. The van der Waals surface area contributed by atoms with Gasteiger partial charge in [0.15, 0.2) is 11.4 Å². The second-order valence-electron chi connectivity index (χ2n) is 11.1. The van der Waals surface area contributed by atoms with Crippen molar-refractivity contribution in [3.8, 4) is 23.5 Å². The maximum absolute atomic E-state index is 13.1. The molecule has 0 saturated carbocycles. The van der Waals surface area contributed by atoms with E-state index in [1.165, 1.54) is 19.4 Å². The largest absolute Gasteiger partial charge is 0.479 e. The molecule has 1 unspecified atom stereocenters. The van der Waals surface area contributed by atoms with Crippen LogP contribution in [-0.2, 0) is 0 Å². The molecule has 1 aliphatic heterocycles. The molecule has 1 fully saturated rings. The number of ether oxygens (including phenoxy) is 3. The summed E-state index contributed by atoms with van der Waals surface area (Å²) >= 11 is 0. The lowest BCUT2D eigenvalue weighted by molar-refractivity contribution is 0.0990. The molecule has 11 heteroatoms. The Hall–Kier alpha value is -3.57. The van der Waals surface area contributed by atoms with Crippen molar-refractivity contribution in [3.63, 3.8) is 0 Å². The highest BCUT2D eigenvalue weighted by Crippen LogP contribution is 2.35. The van der Waals surface area contributed by atoms with E-state index in [4.69, 9.17) is 18.6 Å². The van der Waals surface area contributed by atoms with Crippen LogP contribution in [0.2, 0.25) is 19.6 Å². The van der Waals surface area contributed by atoms with E-state index < -0.39 is 14.0 Å². The Balaban J connectivity index is 1.51. The van der Waals surface area contributed by atoms with Crippen LogP contribution in [0.1, 0.15) is 36.4 Å². The average Bonchev–Trinajstić information content (AvgIpc) is 3.54. The zero-order valence-electron chi connectivity index (χ0n) is 24.0. The number of furan rings is 1. The maximum atomic E-state index is 13.1.